The number of hydrogen-bond donors (Lipinski definition) is 1. The van der Waals surface area contributed by atoms with Crippen LogP contribution < -0.4 is 15.4 Å². The maximum Gasteiger partial charge on any atom is 0.144 e. The summed E-state index contributed by atoms with van der Waals surface area (Å²) in [6.07, 6.45) is 8.17. The van der Waals surface area contributed by atoms with Gasteiger partial charge in [-0.15, -0.1) is 0 Å². The Morgan fingerprint density at radius 2 is 2.00 bits per heavy atom. The van der Waals surface area contributed by atoms with Crippen LogP contribution in [0.15, 0.2) is 18.2 Å². The minimum absolute atomic E-state index is 0.666. The molecule has 1 saturated heterocycles. The lowest BCUT2D eigenvalue weighted by Crippen LogP contribution is -2.47. The van der Waals surface area contributed by atoms with E-state index in [4.69, 9.17) is 10.5 Å². The summed E-state index contributed by atoms with van der Waals surface area (Å²) >= 11 is 0. The molecule has 3 heteroatoms. The van der Waals surface area contributed by atoms with Crippen molar-refractivity contribution in [3.63, 3.8) is 0 Å². The smallest absolute Gasteiger partial charge is 0.144 e. The standard InChI is InChI=1S/C17H26N2O/c1-2-20-16-11-5-10-15(17(16)18)19-12-6-8-13-7-3-4-9-14(13)19/h5,10-11,13-14H,2-4,6-9,12,18H2,1H3. The molecule has 110 valence electrons. The molecule has 1 saturated carbocycles. The van der Waals surface area contributed by atoms with Crippen LogP contribution in [0.25, 0.3) is 0 Å². The molecule has 2 fully saturated rings. The van der Waals surface area contributed by atoms with E-state index in [9.17, 15) is 0 Å². The maximum absolute atomic E-state index is 6.36. The third-order valence-electron chi connectivity index (χ3n) is 4.90. The van der Waals surface area contributed by atoms with E-state index < -0.39 is 0 Å². The van der Waals surface area contributed by atoms with E-state index in [0.717, 1.165) is 23.9 Å². The molecule has 1 aromatic rings. The predicted octanol–water partition coefficient (Wildman–Crippen LogP) is 3.83. The second kappa shape index (κ2) is 5.94. The van der Waals surface area contributed by atoms with Crippen molar-refractivity contribution in [2.24, 2.45) is 5.92 Å². The molecule has 0 radical (unpaired) electrons. The molecule has 1 aliphatic carbocycles. The zero-order valence-electron chi connectivity index (χ0n) is 12.5. The van der Waals surface area contributed by atoms with Gasteiger partial charge in [0.1, 0.15) is 5.75 Å². The molecule has 0 aromatic heterocycles. The number of benzene rings is 1. The highest BCUT2D eigenvalue weighted by Gasteiger charge is 2.34. The molecular formula is C17H26N2O. The molecule has 1 aromatic carbocycles. The van der Waals surface area contributed by atoms with Crippen molar-refractivity contribution in [1.82, 2.24) is 0 Å². The van der Waals surface area contributed by atoms with Gasteiger partial charge in [-0.2, -0.15) is 0 Å². The largest absolute Gasteiger partial charge is 0.492 e. The molecule has 2 atom stereocenters. The van der Waals surface area contributed by atoms with Crippen molar-refractivity contribution in [1.29, 1.82) is 0 Å². The van der Waals surface area contributed by atoms with Crippen LogP contribution in [-0.4, -0.2) is 19.2 Å². The molecule has 0 spiro atoms. The third kappa shape index (κ3) is 2.46. The van der Waals surface area contributed by atoms with Gasteiger partial charge < -0.3 is 15.4 Å². The molecule has 3 nitrogen and oxygen atoms in total. The highest BCUT2D eigenvalue weighted by atomic mass is 16.5. The fourth-order valence-electron chi connectivity index (χ4n) is 3.99. The van der Waals surface area contributed by atoms with Crippen molar-refractivity contribution < 1.29 is 4.74 Å². The molecule has 2 aliphatic rings. The van der Waals surface area contributed by atoms with Gasteiger partial charge in [-0.3, -0.25) is 0 Å². The van der Waals surface area contributed by atoms with E-state index in [1.165, 1.54) is 44.2 Å². The fraction of sp³-hybridized carbons (Fsp3) is 0.647. The number of nitrogen functional groups attached to an aromatic ring is 1. The Hall–Kier alpha value is -1.38. The first kappa shape index (κ1) is 13.6. The number of ether oxygens (including phenoxy) is 1. The van der Waals surface area contributed by atoms with Crippen molar-refractivity contribution in [3.8, 4) is 5.75 Å². The van der Waals surface area contributed by atoms with Crippen molar-refractivity contribution in [2.75, 3.05) is 23.8 Å². The Labute approximate surface area is 122 Å². The quantitative estimate of drug-likeness (QED) is 0.851. The minimum Gasteiger partial charge on any atom is -0.492 e. The Morgan fingerprint density at radius 1 is 1.20 bits per heavy atom. The van der Waals surface area contributed by atoms with Crippen molar-refractivity contribution in [2.45, 2.75) is 51.5 Å². The number of anilines is 2. The van der Waals surface area contributed by atoms with Crippen LogP contribution in [0.1, 0.15) is 45.4 Å². The number of hydrogen-bond acceptors (Lipinski definition) is 3. The highest BCUT2D eigenvalue weighted by molar-refractivity contribution is 5.74. The summed E-state index contributed by atoms with van der Waals surface area (Å²) in [6.45, 7) is 3.81. The monoisotopic (exact) mass is 274 g/mol. The number of rotatable bonds is 3. The lowest BCUT2D eigenvalue weighted by Gasteiger charge is -2.45. The van der Waals surface area contributed by atoms with E-state index in [1.54, 1.807) is 0 Å². The van der Waals surface area contributed by atoms with Gasteiger partial charge in [0.2, 0.25) is 0 Å². The fourth-order valence-corrected chi connectivity index (χ4v) is 3.99. The molecule has 3 rings (SSSR count). The molecule has 0 amide bonds. The van der Waals surface area contributed by atoms with Gasteiger partial charge in [-0.05, 0) is 50.7 Å². The lowest BCUT2D eigenvalue weighted by atomic mass is 9.78. The summed E-state index contributed by atoms with van der Waals surface area (Å²) in [4.78, 5) is 2.56. The van der Waals surface area contributed by atoms with E-state index >= 15 is 0 Å². The van der Waals surface area contributed by atoms with Crippen LogP contribution in [0.2, 0.25) is 0 Å². The Kier molecular flexibility index (Phi) is 4.04. The summed E-state index contributed by atoms with van der Waals surface area (Å²) in [5.41, 5.74) is 8.36. The van der Waals surface area contributed by atoms with Crippen LogP contribution in [-0.2, 0) is 0 Å². The van der Waals surface area contributed by atoms with E-state index in [0.29, 0.717) is 12.6 Å². The summed E-state index contributed by atoms with van der Waals surface area (Å²) in [5.74, 6) is 1.70. The molecule has 2 N–H and O–H groups in total. The van der Waals surface area contributed by atoms with Crippen LogP contribution in [0.4, 0.5) is 11.4 Å². The molecule has 1 heterocycles. The normalized spacial score (nSPS) is 26.1. The Balaban J connectivity index is 1.89. The highest BCUT2D eigenvalue weighted by Crippen LogP contribution is 2.41. The molecule has 20 heavy (non-hydrogen) atoms. The first-order chi connectivity index (χ1) is 9.81. The number of para-hydroxylation sites is 1. The number of nitrogens with two attached hydrogens (primary N) is 1. The molecule has 1 aliphatic heterocycles. The van der Waals surface area contributed by atoms with Gasteiger partial charge in [0.25, 0.3) is 0 Å². The zero-order chi connectivity index (χ0) is 13.9. The van der Waals surface area contributed by atoms with Gasteiger partial charge >= 0.3 is 0 Å². The van der Waals surface area contributed by atoms with E-state index in [2.05, 4.69) is 17.0 Å². The number of piperidine rings is 1. The Bertz CT molecular complexity index is 458. The number of nitrogens with zero attached hydrogens (tertiary/aromatic N) is 1. The molecule has 2 unspecified atom stereocenters. The van der Waals surface area contributed by atoms with Gasteiger partial charge in [-0.1, -0.05) is 18.9 Å². The van der Waals surface area contributed by atoms with Gasteiger partial charge in [0, 0.05) is 12.6 Å². The third-order valence-corrected chi connectivity index (χ3v) is 4.90. The average Bonchev–Trinajstić information content (AvgIpc) is 2.49. The average molecular weight is 274 g/mol. The SMILES string of the molecule is CCOc1cccc(N2CCCC3CCCCC32)c1N. The summed E-state index contributed by atoms with van der Waals surface area (Å²) < 4.78 is 5.65. The van der Waals surface area contributed by atoms with Crippen LogP contribution >= 0.6 is 0 Å². The Morgan fingerprint density at radius 3 is 2.85 bits per heavy atom. The van der Waals surface area contributed by atoms with E-state index in [1.807, 2.05) is 13.0 Å². The zero-order valence-corrected chi connectivity index (χ0v) is 12.5. The van der Waals surface area contributed by atoms with Crippen LogP contribution in [0.3, 0.4) is 0 Å². The summed E-state index contributed by atoms with van der Waals surface area (Å²) in [5, 5.41) is 0. The second-order valence-electron chi connectivity index (χ2n) is 6.07. The van der Waals surface area contributed by atoms with E-state index in [-0.39, 0.29) is 0 Å². The second-order valence-corrected chi connectivity index (χ2v) is 6.07. The predicted molar refractivity (Wildman–Crippen MR) is 84.3 cm³/mol. The van der Waals surface area contributed by atoms with Crippen molar-refractivity contribution >= 4 is 11.4 Å². The first-order valence-corrected chi connectivity index (χ1v) is 8.09. The van der Waals surface area contributed by atoms with Gasteiger partial charge in [0.15, 0.2) is 0 Å². The first-order valence-electron chi connectivity index (χ1n) is 8.09. The summed E-state index contributed by atoms with van der Waals surface area (Å²) in [7, 11) is 0. The number of fused-ring (bicyclic) bond motifs is 1. The lowest BCUT2D eigenvalue weighted by molar-refractivity contribution is 0.244. The van der Waals surface area contributed by atoms with Crippen LogP contribution in [0, 0.1) is 5.92 Å². The van der Waals surface area contributed by atoms with Gasteiger partial charge in [0.05, 0.1) is 18.0 Å². The van der Waals surface area contributed by atoms with Gasteiger partial charge in [-0.25, -0.2) is 0 Å². The maximum atomic E-state index is 6.36. The topological polar surface area (TPSA) is 38.5 Å². The van der Waals surface area contributed by atoms with Crippen LogP contribution in [0.5, 0.6) is 5.75 Å². The van der Waals surface area contributed by atoms with Crippen molar-refractivity contribution in [3.05, 3.63) is 18.2 Å². The molecule has 0 bridgehead atoms. The minimum atomic E-state index is 0.666. The molecular weight excluding hydrogens is 248 g/mol. The summed E-state index contributed by atoms with van der Waals surface area (Å²) in [6, 6.07) is 6.90.